The molecule has 4 heteroatoms. The molecular weight excluding hydrogens is 388 g/mol. The van der Waals surface area contributed by atoms with Gasteiger partial charge in [0.1, 0.15) is 17.1 Å². The van der Waals surface area contributed by atoms with Crippen molar-refractivity contribution in [2.75, 3.05) is 0 Å². The monoisotopic (exact) mass is 420 g/mol. The maximum absolute atomic E-state index is 12.0. The SMILES string of the molecule is C=C(C)[C@@H]1CCC(C)=C[C@H]1c1c(O)cc(CCCCc2ccccc2)c(C(=O)O)c1O. The number of phenols is 2. The molecule has 0 bridgehead atoms. The number of aryl methyl sites for hydroxylation is 2. The fourth-order valence-corrected chi connectivity index (χ4v) is 4.68. The van der Waals surface area contributed by atoms with Gasteiger partial charge >= 0.3 is 5.97 Å². The van der Waals surface area contributed by atoms with Gasteiger partial charge in [-0.3, -0.25) is 0 Å². The van der Waals surface area contributed by atoms with Gasteiger partial charge in [-0.05, 0) is 75.5 Å². The van der Waals surface area contributed by atoms with Crippen LogP contribution >= 0.6 is 0 Å². The van der Waals surface area contributed by atoms with E-state index in [-0.39, 0.29) is 28.9 Å². The normalized spacial score (nSPS) is 18.5. The number of aromatic carboxylic acids is 1. The summed E-state index contributed by atoms with van der Waals surface area (Å²) in [6, 6.07) is 11.7. The molecule has 0 spiro atoms. The lowest BCUT2D eigenvalue weighted by molar-refractivity contribution is 0.0692. The van der Waals surface area contributed by atoms with Crippen LogP contribution in [0.15, 0.2) is 60.2 Å². The minimum atomic E-state index is -1.17. The zero-order chi connectivity index (χ0) is 22.5. The van der Waals surface area contributed by atoms with Gasteiger partial charge in [0.2, 0.25) is 0 Å². The van der Waals surface area contributed by atoms with Gasteiger partial charge in [-0.1, -0.05) is 54.1 Å². The second-order valence-corrected chi connectivity index (χ2v) is 8.72. The Morgan fingerprint density at radius 3 is 2.45 bits per heavy atom. The van der Waals surface area contributed by atoms with Gasteiger partial charge in [0, 0.05) is 11.5 Å². The third-order valence-electron chi connectivity index (χ3n) is 6.33. The number of hydrogen-bond donors (Lipinski definition) is 3. The number of aromatic hydroxyl groups is 2. The fourth-order valence-electron chi connectivity index (χ4n) is 4.68. The van der Waals surface area contributed by atoms with Crippen LogP contribution in [0.3, 0.4) is 0 Å². The number of benzene rings is 2. The summed E-state index contributed by atoms with van der Waals surface area (Å²) < 4.78 is 0. The second kappa shape index (κ2) is 9.86. The van der Waals surface area contributed by atoms with Crippen molar-refractivity contribution in [1.82, 2.24) is 0 Å². The third-order valence-corrected chi connectivity index (χ3v) is 6.33. The minimum absolute atomic E-state index is 0.0391. The summed E-state index contributed by atoms with van der Waals surface area (Å²) in [5, 5.41) is 31.7. The number of rotatable bonds is 8. The van der Waals surface area contributed by atoms with E-state index in [1.807, 2.05) is 38.1 Å². The van der Waals surface area contributed by atoms with Crippen molar-refractivity contribution in [3.63, 3.8) is 0 Å². The summed E-state index contributed by atoms with van der Waals surface area (Å²) in [4.78, 5) is 12.0. The van der Waals surface area contributed by atoms with Crippen molar-refractivity contribution in [2.24, 2.45) is 5.92 Å². The molecule has 31 heavy (non-hydrogen) atoms. The Hall–Kier alpha value is -3.01. The zero-order valence-corrected chi connectivity index (χ0v) is 18.4. The molecule has 1 aliphatic rings. The highest BCUT2D eigenvalue weighted by Gasteiger charge is 2.32. The van der Waals surface area contributed by atoms with Gasteiger partial charge in [0.05, 0.1) is 0 Å². The van der Waals surface area contributed by atoms with E-state index in [0.29, 0.717) is 17.5 Å². The smallest absolute Gasteiger partial charge is 0.339 e. The molecule has 0 aliphatic heterocycles. The highest BCUT2D eigenvalue weighted by Crippen LogP contribution is 2.48. The summed E-state index contributed by atoms with van der Waals surface area (Å²) >= 11 is 0. The van der Waals surface area contributed by atoms with Gasteiger partial charge in [-0.15, -0.1) is 0 Å². The van der Waals surface area contributed by atoms with Crippen LogP contribution < -0.4 is 0 Å². The van der Waals surface area contributed by atoms with E-state index in [2.05, 4.69) is 18.7 Å². The van der Waals surface area contributed by atoms with Crippen LogP contribution in [0, 0.1) is 5.92 Å². The van der Waals surface area contributed by atoms with Crippen molar-refractivity contribution in [2.45, 2.75) is 58.3 Å². The first-order chi connectivity index (χ1) is 14.8. The molecule has 0 saturated carbocycles. The first-order valence-corrected chi connectivity index (χ1v) is 11.0. The van der Waals surface area contributed by atoms with Crippen LogP contribution in [-0.4, -0.2) is 21.3 Å². The van der Waals surface area contributed by atoms with Crippen molar-refractivity contribution in [3.8, 4) is 11.5 Å². The molecule has 0 radical (unpaired) electrons. The molecule has 4 nitrogen and oxygen atoms in total. The van der Waals surface area contributed by atoms with Crippen molar-refractivity contribution >= 4 is 5.97 Å². The molecule has 2 aromatic rings. The summed E-state index contributed by atoms with van der Waals surface area (Å²) in [6.07, 6.45) is 6.89. The molecule has 2 atom stereocenters. The van der Waals surface area contributed by atoms with Gasteiger partial charge in [0.25, 0.3) is 0 Å². The van der Waals surface area contributed by atoms with E-state index in [1.165, 1.54) is 17.2 Å². The van der Waals surface area contributed by atoms with Gasteiger partial charge in [0.15, 0.2) is 0 Å². The van der Waals surface area contributed by atoms with Crippen LogP contribution in [0.25, 0.3) is 0 Å². The molecule has 3 N–H and O–H groups in total. The average molecular weight is 421 g/mol. The first kappa shape index (κ1) is 22.7. The maximum Gasteiger partial charge on any atom is 0.339 e. The van der Waals surface area contributed by atoms with E-state index < -0.39 is 5.97 Å². The summed E-state index contributed by atoms with van der Waals surface area (Å²) in [5.41, 5.74) is 4.06. The Morgan fingerprint density at radius 2 is 1.81 bits per heavy atom. The molecule has 1 aliphatic carbocycles. The lowest BCUT2D eigenvalue weighted by atomic mass is 9.73. The highest BCUT2D eigenvalue weighted by molar-refractivity contribution is 5.94. The molecular formula is C27H32O4. The predicted octanol–water partition coefficient (Wildman–Crippen LogP) is 6.38. The van der Waals surface area contributed by atoms with Gasteiger partial charge < -0.3 is 15.3 Å². The van der Waals surface area contributed by atoms with Crippen molar-refractivity contribution < 1.29 is 20.1 Å². The molecule has 3 rings (SSSR count). The summed E-state index contributed by atoms with van der Waals surface area (Å²) in [5.74, 6) is -1.74. The largest absolute Gasteiger partial charge is 0.507 e. The van der Waals surface area contributed by atoms with Crippen molar-refractivity contribution in [1.29, 1.82) is 0 Å². The predicted molar refractivity (Wildman–Crippen MR) is 124 cm³/mol. The van der Waals surface area contributed by atoms with E-state index in [1.54, 1.807) is 0 Å². The van der Waals surface area contributed by atoms with Gasteiger partial charge in [-0.2, -0.15) is 0 Å². The second-order valence-electron chi connectivity index (χ2n) is 8.72. The number of phenolic OH excluding ortho intramolecular Hbond substituents is 1. The topological polar surface area (TPSA) is 77.8 Å². The molecule has 164 valence electrons. The lowest BCUT2D eigenvalue weighted by Crippen LogP contribution is -2.18. The minimum Gasteiger partial charge on any atom is -0.507 e. The molecule has 0 aromatic heterocycles. The van der Waals surface area contributed by atoms with E-state index in [0.717, 1.165) is 37.7 Å². The van der Waals surface area contributed by atoms with E-state index in [9.17, 15) is 20.1 Å². The summed E-state index contributed by atoms with van der Waals surface area (Å²) in [6.45, 7) is 8.05. The molecule has 0 amide bonds. The van der Waals surface area contributed by atoms with Crippen LogP contribution in [-0.2, 0) is 12.8 Å². The van der Waals surface area contributed by atoms with E-state index >= 15 is 0 Å². The zero-order valence-electron chi connectivity index (χ0n) is 18.4. The molecule has 2 aromatic carbocycles. The number of unbranched alkanes of at least 4 members (excludes halogenated alkanes) is 1. The van der Waals surface area contributed by atoms with Crippen LogP contribution in [0.1, 0.15) is 72.5 Å². The van der Waals surface area contributed by atoms with E-state index in [4.69, 9.17) is 0 Å². The number of carboxylic acid groups (broad SMARTS) is 1. The molecule has 0 saturated heterocycles. The quantitative estimate of drug-likeness (QED) is 0.342. The Kier molecular flexibility index (Phi) is 7.21. The molecule has 0 fully saturated rings. The van der Waals surface area contributed by atoms with Crippen LogP contribution in [0.2, 0.25) is 0 Å². The van der Waals surface area contributed by atoms with Crippen LogP contribution in [0.4, 0.5) is 0 Å². The van der Waals surface area contributed by atoms with Crippen LogP contribution in [0.5, 0.6) is 11.5 Å². The third kappa shape index (κ3) is 5.19. The molecule has 0 heterocycles. The average Bonchev–Trinajstić information content (AvgIpc) is 2.71. The molecule has 0 unspecified atom stereocenters. The Morgan fingerprint density at radius 1 is 1.13 bits per heavy atom. The number of carboxylic acids is 1. The Labute approximate surface area is 184 Å². The lowest BCUT2D eigenvalue weighted by Gasteiger charge is -2.32. The first-order valence-electron chi connectivity index (χ1n) is 11.0. The van der Waals surface area contributed by atoms with Crippen molar-refractivity contribution in [3.05, 3.63) is 82.5 Å². The fraction of sp³-hybridized carbons (Fsp3) is 0.370. The Balaban J connectivity index is 1.88. The number of allylic oxidation sites excluding steroid dienone is 3. The highest BCUT2D eigenvalue weighted by atomic mass is 16.4. The number of carbonyl (C=O) groups is 1. The summed E-state index contributed by atoms with van der Waals surface area (Å²) in [7, 11) is 0. The maximum atomic E-state index is 12.0. The number of hydrogen-bond acceptors (Lipinski definition) is 3. The van der Waals surface area contributed by atoms with Gasteiger partial charge in [-0.25, -0.2) is 4.79 Å². The standard InChI is InChI=1S/C27H32O4/c1-17(2)21-14-13-18(3)15-22(21)25-23(28)16-20(24(26(25)29)27(30)31)12-8-7-11-19-9-5-4-6-10-19/h4-6,9-10,15-16,21-22,28-29H,1,7-8,11-14H2,2-3H3,(H,30,31)/t21-,22+/m0/s1. The Bertz CT molecular complexity index is 988.